The van der Waals surface area contributed by atoms with Crippen LogP contribution in [0.3, 0.4) is 0 Å². The predicted octanol–water partition coefficient (Wildman–Crippen LogP) is 8.04. The van der Waals surface area contributed by atoms with Crippen molar-refractivity contribution >= 4 is 62.1 Å². The summed E-state index contributed by atoms with van der Waals surface area (Å²) in [4.78, 5) is 49.6. The molecule has 2 N–H and O–H groups in total. The quantitative estimate of drug-likeness (QED) is 0.185. The van der Waals surface area contributed by atoms with Gasteiger partial charge in [0.2, 0.25) is 10.0 Å². The molecule has 1 unspecified atom stereocenters. The van der Waals surface area contributed by atoms with E-state index >= 15 is 4.39 Å². The number of imide groups is 1. The van der Waals surface area contributed by atoms with E-state index in [9.17, 15) is 22.8 Å². The van der Waals surface area contributed by atoms with E-state index in [-0.39, 0.29) is 57.6 Å². The summed E-state index contributed by atoms with van der Waals surface area (Å²) in [6, 6.07) is 4.87. The van der Waals surface area contributed by atoms with Gasteiger partial charge in [0.25, 0.3) is 0 Å². The van der Waals surface area contributed by atoms with Crippen molar-refractivity contribution in [2.24, 2.45) is 0 Å². The molecule has 1 aliphatic heterocycles. The van der Waals surface area contributed by atoms with Crippen molar-refractivity contribution in [1.29, 1.82) is 0 Å². The summed E-state index contributed by atoms with van der Waals surface area (Å²) in [6.07, 6.45) is 1.03. The standard InChI is InChI=1S/C38H49FN8O8S/c1-21-19-45(12)56(51,52)20-46-27(21)15-30(44-46)42-29-14-23-13-24(31(39)32(26(23)17-41-29)43-33(48)53-36(3,4)5)25-16-40-18-28(22(25)2)47(34(49)54-37(6,7)8)35(50)55-38(9,10)11/h13-18,21H,19-20H2,1-12H3,(H,43,48)(H,41,42,44). The van der Waals surface area contributed by atoms with E-state index < -0.39 is 50.9 Å². The number of carbonyl (C=O) groups is 3. The maximum absolute atomic E-state index is 16.9. The number of ether oxygens (including phenoxy) is 3. The average molecular weight is 797 g/mol. The Morgan fingerprint density at radius 3 is 2.07 bits per heavy atom. The number of likely N-dealkylation sites (N-methyl/N-ethyl adjacent to an activating group) is 1. The fourth-order valence-corrected chi connectivity index (χ4v) is 7.09. The van der Waals surface area contributed by atoms with Gasteiger partial charge < -0.3 is 19.5 Å². The van der Waals surface area contributed by atoms with Crippen molar-refractivity contribution in [1.82, 2.24) is 24.1 Å². The number of benzene rings is 1. The molecule has 1 aromatic carbocycles. The van der Waals surface area contributed by atoms with Crippen LogP contribution in [-0.4, -0.2) is 81.1 Å². The van der Waals surface area contributed by atoms with Crippen LogP contribution >= 0.6 is 0 Å². The van der Waals surface area contributed by atoms with Crippen LogP contribution in [0.1, 0.15) is 86.4 Å². The van der Waals surface area contributed by atoms with Crippen molar-refractivity contribution < 1.29 is 41.4 Å². The summed E-state index contributed by atoms with van der Waals surface area (Å²) in [6.45, 7) is 18.7. The second kappa shape index (κ2) is 14.9. The van der Waals surface area contributed by atoms with Crippen LogP contribution in [0.2, 0.25) is 0 Å². The summed E-state index contributed by atoms with van der Waals surface area (Å²) >= 11 is 0. The van der Waals surface area contributed by atoms with Gasteiger partial charge in [-0.2, -0.15) is 10.00 Å². The zero-order valence-corrected chi connectivity index (χ0v) is 34.5. The van der Waals surface area contributed by atoms with Crippen molar-refractivity contribution in [3.63, 3.8) is 0 Å². The van der Waals surface area contributed by atoms with Crippen molar-refractivity contribution in [2.45, 2.75) is 105 Å². The number of anilines is 4. The van der Waals surface area contributed by atoms with E-state index in [4.69, 9.17) is 14.2 Å². The van der Waals surface area contributed by atoms with Crippen molar-refractivity contribution in [3.8, 4) is 11.1 Å². The number of pyridine rings is 2. The molecular weight excluding hydrogens is 748 g/mol. The maximum atomic E-state index is 16.9. The maximum Gasteiger partial charge on any atom is 0.424 e. The highest BCUT2D eigenvalue weighted by molar-refractivity contribution is 7.88. The van der Waals surface area contributed by atoms with Crippen LogP contribution in [0.15, 0.2) is 36.8 Å². The number of hydrogen-bond acceptors (Lipinski definition) is 12. The number of aromatic nitrogens is 4. The van der Waals surface area contributed by atoms with Gasteiger partial charge in [0, 0.05) is 60.2 Å². The Balaban J connectivity index is 1.65. The second-order valence-electron chi connectivity index (χ2n) is 16.7. The normalized spacial score (nSPS) is 16.1. The number of hydrogen-bond donors (Lipinski definition) is 2. The van der Waals surface area contributed by atoms with Crippen molar-refractivity contribution in [2.75, 3.05) is 29.1 Å². The lowest BCUT2D eigenvalue weighted by molar-refractivity contribution is 0.0429. The molecule has 1 atom stereocenters. The van der Waals surface area contributed by atoms with E-state index in [1.165, 1.54) is 40.7 Å². The topological polar surface area (TPSA) is 187 Å². The number of carbonyl (C=O) groups excluding carboxylic acids is 3. The van der Waals surface area contributed by atoms with Gasteiger partial charge >= 0.3 is 18.3 Å². The smallest absolute Gasteiger partial charge is 0.424 e. The van der Waals surface area contributed by atoms with Gasteiger partial charge in [0.1, 0.15) is 22.6 Å². The molecule has 4 aromatic rings. The van der Waals surface area contributed by atoms with E-state index in [2.05, 4.69) is 25.7 Å². The molecule has 1 aliphatic rings. The number of fused-ring (bicyclic) bond motifs is 2. The van der Waals surface area contributed by atoms with Gasteiger partial charge in [0.15, 0.2) is 17.5 Å². The molecular formula is C38H49FN8O8S. The van der Waals surface area contributed by atoms with Crippen LogP contribution in [0.4, 0.5) is 41.8 Å². The molecule has 0 radical (unpaired) electrons. The highest BCUT2D eigenvalue weighted by Gasteiger charge is 2.35. The van der Waals surface area contributed by atoms with E-state index in [0.29, 0.717) is 21.8 Å². The molecule has 0 saturated carbocycles. The molecule has 302 valence electrons. The molecule has 3 amide bonds. The van der Waals surface area contributed by atoms with E-state index in [1.807, 2.05) is 6.92 Å². The number of nitrogens with one attached hydrogen (secondary N) is 2. The van der Waals surface area contributed by atoms with Crippen LogP contribution in [0.5, 0.6) is 0 Å². The molecule has 3 aromatic heterocycles. The minimum absolute atomic E-state index is 0.0220. The van der Waals surface area contributed by atoms with E-state index in [1.54, 1.807) is 81.4 Å². The molecule has 16 nitrogen and oxygen atoms in total. The summed E-state index contributed by atoms with van der Waals surface area (Å²) in [5.74, 6) is -0.726. The summed E-state index contributed by atoms with van der Waals surface area (Å²) in [5.41, 5.74) is -2.03. The Morgan fingerprint density at radius 1 is 0.875 bits per heavy atom. The zero-order chi connectivity index (χ0) is 41.7. The molecule has 0 fully saturated rings. The average Bonchev–Trinajstić information content (AvgIpc) is 3.38. The SMILES string of the molecule is Cc1c(-c2cc3cc(Nc4cc5n(n4)CS(=O)(=O)N(C)CC5C)ncc3c(NC(=O)OC(C)(C)C)c2F)cncc1N(C(=O)OC(C)(C)C)C(=O)OC(C)(C)C. The number of rotatable bonds is 5. The predicted molar refractivity (Wildman–Crippen MR) is 210 cm³/mol. The minimum Gasteiger partial charge on any atom is -0.444 e. The highest BCUT2D eigenvalue weighted by Crippen LogP contribution is 2.40. The van der Waals surface area contributed by atoms with E-state index in [0.717, 1.165) is 0 Å². The largest absolute Gasteiger partial charge is 0.444 e. The molecule has 56 heavy (non-hydrogen) atoms. The molecule has 5 rings (SSSR count). The van der Waals surface area contributed by atoms with Crippen LogP contribution in [-0.2, 0) is 30.1 Å². The monoisotopic (exact) mass is 796 g/mol. The highest BCUT2D eigenvalue weighted by atomic mass is 32.2. The lowest BCUT2D eigenvalue weighted by atomic mass is 9.97. The van der Waals surface area contributed by atoms with Crippen LogP contribution < -0.4 is 15.5 Å². The minimum atomic E-state index is -3.58. The Morgan fingerprint density at radius 2 is 1.48 bits per heavy atom. The van der Waals surface area contributed by atoms with Gasteiger partial charge in [-0.15, -0.1) is 0 Å². The van der Waals surface area contributed by atoms with Gasteiger partial charge in [-0.25, -0.2) is 36.5 Å². The number of nitrogens with zero attached hydrogens (tertiary/aromatic N) is 6. The Labute approximate surface area is 325 Å². The zero-order valence-electron chi connectivity index (χ0n) is 33.7. The first-order valence-electron chi connectivity index (χ1n) is 17.8. The summed E-state index contributed by atoms with van der Waals surface area (Å²) in [5, 5.41) is 10.8. The first-order valence-corrected chi connectivity index (χ1v) is 19.5. The molecule has 0 spiro atoms. The number of sulfonamides is 1. The molecule has 18 heteroatoms. The lowest BCUT2D eigenvalue weighted by Gasteiger charge is -2.29. The first-order chi connectivity index (χ1) is 25.7. The fourth-order valence-electron chi connectivity index (χ4n) is 5.93. The van der Waals surface area contributed by atoms with Gasteiger partial charge in [-0.05, 0) is 92.3 Å². The van der Waals surface area contributed by atoms with Crippen LogP contribution in [0.25, 0.3) is 21.9 Å². The fraction of sp³-hybridized carbons (Fsp3) is 0.474. The number of amides is 3. The van der Waals surface area contributed by atoms with Gasteiger partial charge in [0.05, 0.1) is 17.6 Å². The third kappa shape index (κ3) is 9.53. The van der Waals surface area contributed by atoms with Gasteiger partial charge in [-0.1, -0.05) is 6.92 Å². The molecule has 0 bridgehead atoms. The molecule has 0 saturated heterocycles. The molecule has 0 aliphatic carbocycles. The first kappa shape index (κ1) is 41.8. The lowest BCUT2D eigenvalue weighted by Crippen LogP contribution is -2.44. The Hall–Kier alpha value is -5.36. The Bertz CT molecular complexity index is 2280. The van der Waals surface area contributed by atoms with Crippen LogP contribution in [0, 0.1) is 12.7 Å². The third-order valence-electron chi connectivity index (χ3n) is 8.32. The summed E-state index contributed by atoms with van der Waals surface area (Å²) < 4.78 is 61.7. The van der Waals surface area contributed by atoms with Gasteiger partial charge in [-0.3, -0.25) is 15.0 Å². The second-order valence-corrected chi connectivity index (χ2v) is 18.7. The number of halogens is 1. The summed E-state index contributed by atoms with van der Waals surface area (Å²) in [7, 11) is -2.05. The molecule has 4 heterocycles. The third-order valence-corrected chi connectivity index (χ3v) is 9.99. The Kier molecular flexibility index (Phi) is 11.2. The van der Waals surface area contributed by atoms with Crippen molar-refractivity contribution in [3.05, 3.63) is 53.9 Å².